The molecule has 180 valence electrons. The highest BCUT2D eigenvalue weighted by atomic mass is 35.5. The fourth-order valence-corrected chi connectivity index (χ4v) is 3.23. The Balaban J connectivity index is 1.56. The van der Waals surface area contributed by atoms with Gasteiger partial charge < -0.3 is 14.8 Å². The zero-order chi connectivity index (χ0) is 25.4. The van der Waals surface area contributed by atoms with Crippen molar-refractivity contribution in [2.24, 2.45) is 5.10 Å². The molecule has 0 heterocycles. The summed E-state index contributed by atoms with van der Waals surface area (Å²) >= 11 is 11.8. The van der Waals surface area contributed by atoms with Crippen molar-refractivity contribution < 1.29 is 23.9 Å². The van der Waals surface area contributed by atoms with Gasteiger partial charge in [0.1, 0.15) is 0 Å². The number of ether oxygens (including phenoxy) is 2. The van der Waals surface area contributed by atoms with E-state index in [1.807, 2.05) is 19.1 Å². The Morgan fingerprint density at radius 2 is 1.74 bits per heavy atom. The standard InChI is InChI=1S/C25H21Cl2N3O5/c1-15-5-3-4-6-18(15)24(32)28-14-23(31)30-29-13-16-7-10-21(22(11-16)34-2)35-25(33)17-8-9-19(26)20(27)12-17/h3-13H,14H2,1-2H3,(H,28,32)(H,30,31)/b29-13+. The molecule has 0 fully saturated rings. The van der Waals surface area contributed by atoms with Gasteiger partial charge in [-0.25, -0.2) is 10.2 Å². The minimum absolute atomic E-state index is 0.184. The molecule has 0 saturated carbocycles. The number of carbonyl (C=O) groups excluding carboxylic acids is 3. The number of hydrogen-bond donors (Lipinski definition) is 2. The maximum atomic E-state index is 12.4. The van der Waals surface area contributed by atoms with Crippen LogP contribution in [0.2, 0.25) is 10.0 Å². The number of aryl methyl sites for hydroxylation is 1. The minimum Gasteiger partial charge on any atom is -0.493 e. The molecule has 0 aliphatic heterocycles. The van der Waals surface area contributed by atoms with Gasteiger partial charge in [-0.1, -0.05) is 41.4 Å². The van der Waals surface area contributed by atoms with Crippen LogP contribution >= 0.6 is 23.2 Å². The van der Waals surface area contributed by atoms with Crippen molar-refractivity contribution in [3.05, 3.63) is 93.0 Å². The molecule has 2 amide bonds. The number of amides is 2. The molecule has 3 rings (SSSR count). The monoisotopic (exact) mass is 513 g/mol. The average molecular weight is 514 g/mol. The second-order valence-electron chi connectivity index (χ2n) is 7.22. The van der Waals surface area contributed by atoms with E-state index in [9.17, 15) is 14.4 Å². The smallest absolute Gasteiger partial charge is 0.343 e. The third kappa shape index (κ3) is 7.05. The third-order valence-electron chi connectivity index (χ3n) is 4.75. The van der Waals surface area contributed by atoms with E-state index in [-0.39, 0.29) is 34.5 Å². The molecular weight excluding hydrogens is 493 g/mol. The van der Waals surface area contributed by atoms with Crippen LogP contribution in [0.4, 0.5) is 0 Å². The Morgan fingerprint density at radius 1 is 0.971 bits per heavy atom. The van der Waals surface area contributed by atoms with Crippen molar-refractivity contribution >= 4 is 47.2 Å². The molecule has 0 spiro atoms. The van der Waals surface area contributed by atoms with Crippen LogP contribution in [-0.4, -0.2) is 37.7 Å². The number of benzene rings is 3. The van der Waals surface area contributed by atoms with E-state index in [4.69, 9.17) is 32.7 Å². The molecule has 10 heteroatoms. The predicted molar refractivity (Wildman–Crippen MR) is 134 cm³/mol. The van der Waals surface area contributed by atoms with E-state index in [1.165, 1.54) is 37.6 Å². The fourth-order valence-electron chi connectivity index (χ4n) is 2.93. The molecule has 0 saturated heterocycles. The molecule has 0 atom stereocenters. The Bertz CT molecular complexity index is 1290. The van der Waals surface area contributed by atoms with Crippen molar-refractivity contribution in [2.75, 3.05) is 13.7 Å². The van der Waals surface area contributed by atoms with Gasteiger partial charge in [0.25, 0.3) is 11.8 Å². The summed E-state index contributed by atoms with van der Waals surface area (Å²) in [5.41, 5.74) is 4.44. The second kappa shape index (κ2) is 12.0. The summed E-state index contributed by atoms with van der Waals surface area (Å²) in [6, 6.07) is 16.2. The van der Waals surface area contributed by atoms with Crippen LogP contribution in [0.15, 0.2) is 65.8 Å². The minimum atomic E-state index is -0.636. The molecule has 0 unspecified atom stereocenters. The van der Waals surface area contributed by atoms with Gasteiger partial charge in [-0.15, -0.1) is 0 Å². The van der Waals surface area contributed by atoms with Crippen molar-refractivity contribution in [3.8, 4) is 11.5 Å². The number of halogens is 2. The molecule has 0 aliphatic rings. The molecule has 2 N–H and O–H groups in total. The highest BCUT2D eigenvalue weighted by Gasteiger charge is 2.14. The van der Waals surface area contributed by atoms with Gasteiger partial charge in [0.05, 0.1) is 35.5 Å². The lowest BCUT2D eigenvalue weighted by molar-refractivity contribution is -0.120. The summed E-state index contributed by atoms with van der Waals surface area (Å²) in [4.78, 5) is 36.6. The molecule has 3 aromatic carbocycles. The molecule has 0 bridgehead atoms. The topological polar surface area (TPSA) is 106 Å². The van der Waals surface area contributed by atoms with Gasteiger partial charge in [0.15, 0.2) is 11.5 Å². The molecule has 0 aromatic heterocycles. The normalized spacial score (nSPS) is 10.6. The first-order chi connectivity index (χ1) is 16.8. The van der Waals surface area contributed by atoms with E-state index >= 15 is 0 Å². The number of carbonyl (C=O) groups is 3. The quantitative estimate of drug-likeness (QED) is 0.201. The van der Waals surface area contributed by atoms with E-state index < -0.39 is 11.9 Å². The van der Waals surface area contributed by atoms with Crippen LogP contribution in [-0.2, 0) is 4.79 Å². The number of methoxy groups -OCH3 is 1. The van der Waals surface area contributed by atoms with Gasteiger partial charge in [0, 0.05) is 5.56 Å². The number of esters is 1. The Labute approximate surface area is 211 Å². The van der Waals surface area contributed by atoms with Gasteiger partial charge in [0.2, 0.25) is 0 Å². The van der Waals surface area contributed by atoms with E-state index in [1.54, 1.807) is 24.3 Å². The third-order valence-corrected chi connectivity index (χ3v) is 5.49. The fraction of sp³-hybridized carbons (Fsp3) is 0.120. The van der Waals surface area contributed by atoms with Crippen LogP contribution in [0, 0.1) is 6.92 Å². The first-order valence-electron chi connectivity index (χ1n) is 10.3. The number of hydrazone groups is 1. The molecule has 0 aliphatic carbocycles. The van der Waals surface area contributed by atoms with Gasteiger partial charge in [-0.2, -0.15) is 5.10 Å². The van der Waals surface area contributed by atoms with Crippen molar-refractivity contribution in [1.29, 1.82) is 0 Å². The van der Waals surface area contributed by atoms with E-state index in [0.29, 0.717) is 16.1 Å². The highest BCUT2D eigenvalue weighted by molar-refractivity contribution is 6.42. The van der Waals surface area contributed by atoms with E-state index in [2.05, 4.69) is 15.8 Å². The van der Waals surface area contributed by atoms with Crippen LogP contribution in [0.3, 0.4) is 0 Å². The van der Waals surface area contributed by atoms with Crippen LogP contribution in [0.5, 0.6) is 11.5 Å². The first kappa shape index (κ1) is 25.7. The van der Waals surface area contributed by atoms with Gasteiger partial charge >= 0.3 is 5.97 Å². The summed E-state index contributed by atoms with van der Waals surface area (Å²) in [5.74, 6) is -1.02. The maximum absolute atomic E-state index is 12.4. The number of nitrogens with zero attached hydrogens (tertiary/aromatic N) is 1. The summed E-state index contributed by atoms with van der Waals surface area (Å²) in [7, 11) is 1.42. The van der Waals surface area contributed by atoms with Crippen molar-refractivity contribution in [2.45, 2.75) is 6.92 Å². The lowest BCUT2D eigenvalue weighted by atomic mass is 10.1. The lowest BCUT2D eigenvalue weighted by Gasteiger charge is -2.10. The SMILES string of the molecule is COc1cc(/C=N/NC(=O)CNC(=O)c2ccccc2C)ccc1OC(=O)c1ccc(Cl)c(Cl)c1. The molecule has 0 radical (unpaired) electrons. The van der Waals surface area contributed by atoms with Crippen molar-refractivity contribution in [1.82, 2.24) is 10.7 Å². The zero-order valence-electron chi connectivity index (χ0n) is 18.8. The van der Waals surface area contributed by atoms with Crippen LogP contribution in [0.25, 0.3) is 0 Å². The summed E-state index contributed by atoms with van der Waals surface area (Å²) in [6.07, 6.45) is 1.38. The van der Waals surface area contributed by atoms with Crippen LogP contribution < -0.4 is 20.2 Å². The Kier molecular flexibility index (Phi) is 8.83. The largest absolute Gasteiger partial charge is 0.493 e. The van der Waals surface area contributed by atoms with Gasteiger partial charge in [-0.05, 0) is 60.5 Å². The molecule has 8 nitrogen and oxygen atoms in total. The summed E-state index contributed by atoms with van der Waals surface area (Å²) in [6.45, 7) is 1.57. The lowest BCUT2D eigenvalue weighted by Crippen LogP contribution is -2.35. The number of nitrogens with one attached hydrogen (secondary N) is 2. The highest BCUT2D eigenvalue weighted by Crippen LogP contribution is 2.29. The van der Waals surface area contributed by atoms with Crippen molar-refractivity contribution in [3.63, 3.8) is 0 Å². The molecule has 35 heavy (non-hydrogen) atoms. The average Bonchev–Trinajstić information content (AvgIpc) is 2.85. The Morgan fingerprint density at radius 3 is 2.46 bits per heavy atom. The van der Waals surface area contributed by atoms with Crippen LogP contribution in [0.1, 0.15) is 31.8 Å². The first-order valence-corrected chi connectivity index (χ1v) is 11.0. The Hall–Kier alpha value is -3.88. The number of rotatable bonds is 8. The van der Waals surface area contributed by atoms with E-state index in [0.717, 1.165) is 5.56 Å². The molecule has 3 aromatic rings. The second-order valence-corrected chi connectivity index (χ2v) is 8.03. The summed E-state index contributed by atoms with van der Waals surface area (Å²) < 4.78 is 10.7. The maximum Gasteiger partial charge on any atom is 0.343 e. The van der Waals surface area contributed by atoms with Gasteiger partial charge in [-0.3, -0.25) is 9.59 Å². The number of hydrogen-bond acceptors (Lipinski definition) is 6. The summed E-state index contributed by atoms with van der Waals surface area (Å²) in [5, 5.41) is 6.98. The zero-order valence-corrected chi connectivity index (χ0v) is 20.3. The molecular formula is C25H21Cl2N3O5. The predicted octanol–water partition coefficient (Wildman–Crippen LogP) is 4.41.